The van der Waals surface area contributed by atoms with E-state index in [0.29, 0.717) is 6.04 Å². The highest BCUT2D eigenvalue weighted by molar-refractivity contribution is 9.10. The lowest BCUT2D eigenvalue weighted by Crippen LogP contribution is -2.49. The van der Waals surface area contributed by atoms with E-state index in [9.17, 15) is 0 Å². The van der Waals surface area contributed by atoms with Crippen LogP contribution in [0.4, 0.5) is 5.69 Å². The number of hydrogen-bond acceptors (Lipinski definition) is 4. The van der Waals surface area contributed by atoms with Crippen molar-refractivity contribution in [1.82, 2.24) is 4.90 Å². The quantitative estimate of drug-likeness (QED) is 0.377. The largest absolute Gasteiger partial charge is 0.409 e. The maximum Gasteiger partial charge on any atom is 0.172 e. The minimum atomic E-state index is 0.149. The van der Waals surface area contributed by atoms with Crippen LogP contribution in [0.15, 0.2) is 27.8 Å². The monoisotopic (exact) mass is 354 g/mol. The van der Waals surface area contributed by atoms with Gasteiger partial charge in [-0.3, -0.25) is 4.90 Å². The van der Waals surface area contributed by atoms with Gasteiger partial charge in [-0.2, -0.15) is 0 Å². The van der Waals surface area contributed by atoms with Crippen LogP contribution >= 0.6 is 15.9 Å². The van der Waals surface area contributed by atoms with Crippen molar-refractivity contribution in [2.75, 3.05) is 31.1 Å². The molecule has 1 atom stereocenters. The maximum absolute atomic E-state index is 8.97. The predicted molar refractivity (Wildman–Crippen MR) is 90.2 cm³/mol. The highest BCUT2D eigenvalue weighted by Crippen LogP contribution is 2.26. The van der Waals surface area contributed by atoms with E-state index in [1.165, 1.54) is 6.42 Å². The lowest BCUT2D eigenvalue weighted by Gasteiger charge is -2.39. The molecule has 0 aliphatic carbocycles. The molecule has 1 aliphatic heterocycles. The molecule has 1 aromatic rings. The first-order chi connectivity index (χ1) is 10.1. The second kappa shape index (κ2) is 7.13. The summed E-state index contributed by atoms with van der Waals surface area (Å²) in [6.07, 6.45) is 1.17. The minimum absolute atomic E-state index is 0.149. The van der Waals surface area contributed by atoms with Gasteiger partial charge in [0.05, 0.1) is 0 Å². The fourth-order valence-corrected chi connectivity index (χ4v) is 3.07. The van der Waals surface area contributed by atoms with Crippen molar-refractivity contribution >= 4 is 27.5 Å². The van der Waals surface area contributed by atoms with Crippen LogP contribution in [-0.4, -0.2) is 48.2 Å². The fourth-order valence-electron chi connectivity index (χ4n) is 2.70. The molecule has 116 valence electrons. The van der Waals surface area contributed by atoms with Crippen LogP contribution in [0.3, 0.4) is 0 Å². The van der Waals surface area contributed by atoms with Gasteiger partial charge in [-0.05, 0) is 31.5 Å². The molecule has 0 bridgehead atoms. The van der Waals surface area contributed by atoms with E-state index >= 15 is 0 Å². The first kappa shape index (κ1) is 16.1. The number of anilines is 1. The van der Waals surface area contributed by atoms with Gasteiger partial charge in [-0.15, -0.1) is 0 Å². The first-order valence-electron chi connectivity index (χ1n) is 7.33. The van der Waals surface area contributed by atoms with E-state index in [4.69, 9.17) is 10.9 Å². The molecule has 0 radical (unpaired) electrons. The van der Waals surface area contributed by atoms with Gasteiger partial charge in [0.2, 0.25) is 0 Å². The van der Waals surface area contributed by atoms with Crippen LogP contribution in [0.25, 0.3) is 0 Å². The fraction of sp³-hybridized carbons (Fsp3) is 0.533. The van der Waals surface area contributed by atoms with Crippen molar-refractivity contribution in [2.24, 2.45) is 10.9 Å². The van der Waals surface area contributed by atoms with Gasteiger partial charge in [-0.1, -0.05) is 28.0 Å². The second-order valence-corrected chi connectivity index (χ2v) is 6.34. The van der Waals surface area contributed by atoms with Crippen LogP contribution < -0.4 is 10.6 Å². The Bertz CT molecular complexity index is 512. The Hall–Kier alpha value is -1.27. The Balaban J connectivity index is 2.17. The van der Waals surface area contributed by atoms with Gasteiger partial charge < -0.3 is 15.8 Å². The number of benzene rings is 1. The normalized spacial score (nSPS) is 18.8. The molecule has 21 heavy (non-hydrogen) atoms. The van der Waals surface area contributed by atoms with E-state index in [1.54, 1.807) is 0 Å². The Kier molecular flexibility index (Phi) is 5.47. The van der Waals surface area contributed by atoms with Crippen LogP contribution in [-0.2, 0) is 0 Å². The zero-order valence-corrected chi connectivity index (χ0v) is 14.2. The van der Waals surface area contributed by atoms with E-state index in [1.807, 2.05) is 18.2 Å². The molecule has 0 spiro atoms. The van der Waals surface area contributed by atoms with Crippen LogP contribution in [0.5, 0.6) is 0 Å². The van der Waals surface area contributed by atoms with Crippen molar-refractivity contribution < 1.29 is 5.21 Å². The van der Waals surface area contributed by atoms with E-state index in [2.05, 4.69) is 44.7 Å². The van der Waals surface area contributed by atoms with Gasteiger partial charge in [0, 0.05) is 47.9 Å². The molecule has 5 nitrogen and oxygen atoms in total. The summed E-state index contributed by atoms with van der Waals surface area (Å²) in [5, 5.41) is 12.1. The number of piperazine rings is 1. The number of oxime groups is 1. The highest BCUT2D eigenvalue weighted by Gasteiger charge is 2.22. The summed E-state index contributed by atoms with van der Waals surface area (Å²) in [4.78, 5) is 4.82. The van der Waals surface area contributed by atoms with E-state index in [-0.39, 0.29) is 5.84 Å². The summed E-state index contributed by atoms with van der Waals surface area (Å²) in [5.41, 5.74) is 7.60. The predicted octanol–water partition coefficient (Wildman–Crippen LogP) is 2.46. The number of hydrogen-bond donors (Lipinski definition) is 2. The average Bonchev–Trinajstić information content (AvgIpc) is 2.53. The molecule has 1 fully saturated rings. The van der Waals surface area contributed by atoms with Crippen LogP contribution in [0, 0.1) is 0 Å². The van der Waals surface area contributed by atoms with Crippen LogP contribution in [0.1, 0.15) is 25.8 Å². The van der Waals surface area contributed by atoms with Crippen molar-refractivity contribution in [3.8, 4) is 0 Å². The number of nitrogens with zero attached hydrogens (tertiary/aromatic N) is 3. The average molecular weight is 355 g/mol. The summed E-state index contributed by atoms with van der Waals surface area (Å²) in [5.74, 6) is 0.149. The van der Waals surface area contributed by atoms with Gasteiger partial charge in [0.1, 0.15) is 0 Å². The molecule has 6 heteroatoms. The Morgan fingerprint density at radius 3 is 2.62 bits per heavy atom. The molecule has 0 saturated carbocycles. The summed E-state index contributed by atoms with van der Waals surface area (Å²) >= 11 is 3.44. The number of halogens is 1. The minimum Gasteiger partial charge on any atom is -0.409 e. The number of rotatable bonds is 4. The lowest BCUT2D eigenvalue weighted by molar-refractivity contribution is 0.193. The summed E-state index contributed by atoms with van der Waals surface area (Å²) in [6, 6.07) is 6.53. The molecule has 1 aliphatic rings. The molecule has 1 unspecified atom stereocenters. The molecule has 1 aromatic carbocycles. The van der Waals surface area contributed by atoms with Gasteiger partial charge >= 0.3 is 0 Å². The van der Waals surface area contributed by atoms with Crippen molar-refractivity contribution in [3.05, 3.63) is 28.2 Å². The SMILES string of the molecule is CCC(C)N1CCN(c2ccc(Br)cc2/C(N)=N/O)CC1. The topological polar surface area (TPSA) is 65.1 Å². The van der Waals surface area contributed by atoms with Gasteiger partial charge in [-0.25, -0.2) is 0 Å². The highest BCUT2D eigenvalue weighted by atomic mass is 79.9. The molecule has 2 rings (SSSR count). The summed E-state index contributed by atoms with van der Waals surface area (Å²) in [6.45, 7) is 8.50. The van der Waals surface area contributed by atoms with Crippen molar-refractivity contribution in [3.63, 3.8) is 0 Å². The van der Waals surface area contributed by atoms with Gasteiger partial charge in [0.25, 0.3) is 0 Å². The third-order valence-corrected chi connectivity index (χ3v) is 4.70. The maximum atomic E-state index is 8.97. The lowest BCUT2D eigenvalue weighted by atomic mass is 10.1. The molecule has 0 aromatic heterocycles. The summed E-state index contributed by atoms with van der Waals surface area (Å²) < 4.78 is 0.922. The zero-order valence-electron chi connectivity index (χ0n) is 12.6. The molecular weight excluding hydrogens is 332 g/mol. The summed E-state index contributed by atoms with van der Waals surface area (Å²) in [7, 11) is 0. The molecule has 1 saturated heterocycles. The number of amidine groups is 1. The smallest absolute Gasteiger partial charge is 0.172 e. The van der Waals surface area contributed by atoms with Crippen LogP contribution in [0.2, 0.25) is 0 Å². The third kappa shape index (κ3) is 3.68. The molecule has 0 amide bonds. The first-order valence-corrected chi connectivity index (χ1v) is 8.12. The zero-order chi connectivity index (χ0) is 15.4. The Morgan fingerprint density at radius 1 is 1.38 bits per heavy atom. The second-order valence-electron chi connectivity index (χ2n) is 5.43. The van der Waals surface area contributed by atoms with E-state index < -0.39 is 0 Å². The van der Waals surface area contributed by atoms with Gasteiger partial charge in [0.15, 0.2) is 5.84 Å². The molecular formula is C15H23BrN4O. The third-order valence-electron chi connectivity index (χ3n) is 4.21. The number of nitrogens with two attached hydrogens (primary N) is 1. The Labute approximate surface area is 134 Å². The van der Waals surface area contributed by atoms with Crippen molar-refractivity contribution in [1.29, 1.82) is 0 Å². The Morgan fingerprint density at radius 2 is 2.05 bits per heavy atom. The molecule has 1 heterocycles. The molecule has 3 N–H and O–H groups in total. The van der Waals surface area contributed by atoms with Crippen molar-refractivity contribution in [2.45, 2.75) is 26.3 Å². The van der Waals surface area contributed by atoms with E-state index in [0.717, 1.165) is 41.9 Å². The standard InChI is InChI=1S/C15H23BrN4O/c1-3-11(2)19-6-8-20(9-7-19)14-5-4-12(16)10-13(14)15(17)18-21/h4-5,10-11,21H,3,6-9H2,1-2H3,(H2,17,18).